The number of anilines is 1. The molecule has 2 rings (SSSR count). The first-order valence-electron chi connectivity index (χ1n) is 6.07. The molecule has 20 heavy (non-hydrogen) atoms. The third-order valence-electron chi connectivity index (χ3n) is 3.09. The van der Waals surface area contributed by atoms with Crippen LogP contribution in [0.1, 0.15) is 12.8 Å². The van der Waals surface area contributed by atoms with Crippen molar-refractivity contribution < 1.29 is 18.0 Å². The number of sulfonamides is 1. The molecule has 1 heterocycles. The van der Waals surface area contributed by atoms with Gasteiger partial charge >= 0.3 is 0 Å². The van der Waals surface area contributed by atoms with E-state index in [4.69, 9.17) is 5.14 Å². The fraction of sp³-hybridized carbons (Fsp3) is 0.333. The largest absolute Gasteiger partial charge is 0.355 e. The molecule has 0 aromatic heterocycles. The van der Waals surface area contributed by atoms with E-state index in [2.05, 4.69) is 10.6 Å². The minimum absolute atomic E-state index is 0.0843. The van der Waals surface area contributed by atoms with Crippen LogP contribution in [0.4, 0.5) is 5.69 Å². The predicted octanol–water partition coefficient (Wildman–Crippen LogP) is -0.201. The molecule has 1 atom stereocenters. The fourth-order valence-corrected chi connectivity index (χ4v) is 2.70. The molecule has 0 spiro atoms. The number of hydrogen-bond donors (Lipinski definition) is 3. The van der Waals surface area contributed by atoms with Crippen molar-refractivity contribution in [1.29, 1.82) is 0 Å². The first-order chi connectivity index (χ1) is 9.38. The molecule has 1 aliphatic heterocycles. The maximum atomic E-state index is 12.1. The summed E-state index contributed by atoms with van der Waals surface area (Å²) in [6.07, 6.45) is 0.726. The van der Waals surface area contributed by atoms with Gasteiger partial charge in [-0.25, -0.2) is 13.6 Å². The van der Waals surface area contributed by atoms with E-state index < -0.39 is 10.0 Å². The summed E-state index contributed by atoms with van der Waals surface area (Å²) in [4.78, 5) is 23.0. The summed E-state index contributed by atoms with van der Waals surface area (Å²) in [5.74, 6) is -0.790. The lowest BCUT2D eigenvalue weighted by atomic mass is 9.98. The van der Waals surface area contributed by atoms with Crippen molar-refractivity contribution in [2.75, 3.05) is 11.9 Å². The summed E-state index contributed by atoms with van der Waals surface area (Å²) in [5.41, 5.74) is 0.150. The highest BCUT2D eigenvalue weighted by Crippen LogP contribution is 2.21. The summed E-state index contributed by atoms with van der Waals surface area (Å²) in [6, 6.07) is 5.93. The van der Waals surface area contributed by atoms with Crippen molar-refractivity contribution in [1.82, 2.24) is 5.32 Å². The van der Waals surface area contributed by atoms with Gasteiger partial charge in [0.1, 0.15) is 4.90 Å². The molecule has 0 aliphatic carbocycles. The van der Waals surface area contributed by atoms with Gasteiger partial charge in [-0.3, -0.25) is 9.59 Å². The number of piperidine rings is 1. The molecule has 1 saturated heterocycles. The lowest BCUT2D eigenvalue weighted by Gasteiger charge is -2.22. The second-order valence-corrected chi connectivity index (χ2v) is 6.10. The number of benzene rings is 1. The highest BCUT2D eigenvalue weighted by Gasteiger charge is 2.25. The van der Waals surface area contributed by atoms with Gasteiger partial charge in [-0.15, -0.1) is 0 Å². The van der Waals surface area contributed by atoms with Crippen molar-refractivity contribution in [3.8, 4) is 0 Å². The second kappa shape index (κ2) is 5.59. The third kappa shape index (κ3) is 3.34. The molecule has 1 aliphatic rings. The van der Waals surface area contributed by atoms with Gasteiger partial charge < -0.3 is 10.6 Å². The Hall–Kier alpha value is -1.93. The zero-order valence-electron chi connectivity index (χ0n) is 10.6. The van der Waals surface area contributed by atoms with E-state index in [1.807, 2.05) is 0 Å². The Morgan fingerprint density at radius 2 is 2.05 bits per heavy atom. The molecule has 4 N–H and O–H groups in total. The van der Waals surface area contributed by atoms with Crippen LogP contribution in [0.5, 0.6) is 0 Å². The van der Waals surface area contributed by atoms with E-state index in [-0.39, 0.29) is 41.3 Å². The third-order valence-corrected chi connectivity index (χ3v) is 4.06. The lowest BCUT2D eigenvalue weighted by Crippen LogP contribution is -2.40. The highest BCUT2D eigenvalue weighted by atomic mass is 32.2. The van der Waals surface area contributed by atoms with Crippen molar-refractivity contribution >= 4 is 27.5 Å². The van der Waals surface area contributed by atoms with Gasteiger partial charge in [0.05, 0.1) is 11.6 Å². The Kier molecular flexibility index (Phi) is 4.05. The molecule has 108 valence electrons. The molecule has 1 aromatic carbocycles. The molecule has 2 amide bonds. The first-order valence-corrected chi connectivity index (χ1v) is 7.62. The number of nitrogens with one attached hydrogen (secondary N) is 2. The molecule has 0 saturated carbocycles. The van der Waals surface area contributed by atoms with Crippen molar-refractivity contribution in [2.45, 2.75) is 17.7 Å². The van der Waals surface area contributed by atoms with Crippen LogP contribution < -0.4 is 15.8 Å². The minimum atomic E-state index is -3.90. The zero-order chi connectivity index (χ0) is 14.8. The van der Waals surface area contributed by atoms with Gasteiger partial charge in [0.2, 0.25) is 21.8 Å². The van der Waals surface area contributed by atoms with Gasteiger partial charge in [0.25, 0.3) is 0 Å². The van der Waals surface area contributed by atoms with E-state index in [1.165, 1.54) is 18.2 Å². The number of primary sulfonamides is 1. The number of carbonyl (C=O) groups excluding carboxylic acids is 2. The van der Waals surface area contributed by atoms with Crippen LogP contribution in [0.3, 0.4) is 0 Å². The summed E-state index contributed by atoms with van der Waals surface area (Å²) in [5, 5.41) is 10.2. The molecule has 1 fully saturated rings. The first kappa shape index (κ1) is 14.5. The number of rotatable bonds is 3. The molecular weight excluding hydrogens is 282 g/mol. The van der Waals surface area contributed by atoms with Crippen LogP contribution in [0.2, 0.25) is 0 Å². The Morgan fingerprint density at radius 1 is 1.35 bits per heavy atom. The van der Waals surface area contributed by atoms with Crippen LogP contribution >= 0.6 is 0 Å². The van der Waals surface area contributed by atoms with Gasteiger partial charge in [-0.2, -0.15) is 0 Å². The van der Waals surface area contributed by atoms with E-state index in [0.29, 0.717) is 6.42 Å². The Labute approximate surface area is 116 Å². The molecule has 1 unspecified atom stereocenters. The highest BCUT2D eigenvalue weighted by molar-refractivity contribution is 7.89. The van der Waals surface area contributed by atoms with Gasteiger partial charge in [0.15, 0.2) is 0 Å². The van der Waals surface area contributed by atoms with E-state index >= 15 is 0 Å². The molecular formula is C12H15N3O4S. The zero-order valence-corrected chi connectivity index (χ0v) is 11.4. The minimum Gasteiger partial charge on any atom is -0.355 e. The monoisotopic (exact) mass is 297 g/mol. The van der Waals surface area contributed by atoms with Crippen molar-refractivity contribution in [2.24, 2.45) is 11.1 Å². The molecule has 8 heteroatoms. The molecule has 0 bridgehead atoms. The Balaban J connectivity index is 2.14. The smallest absolute Gasteiger partial charge is 0.240 e. The number of nitrogens with two attached hydrogens (primary N) is 1. The van der Waals surface area contributed by atoms with E-state index in [1.54, 1.807) is 6.07 Å². The van der Waals surface area contributed by atoms with Crippen molar-refractivity contribution in [3.63, 3.8) is 0 Å². The maximum Gasteiger partial charge on any atom is 0.240 e. The number of carbonyl (C=O) groups is 2. The van der Waals surface area contributed by atoms with Gasteiger partial charge in [-0.1, -0.05) is 12.1 Å². The van der Waals surface area contributed by atoms with E-state index in [9.17, 15) is 18.0 Å². The predicted molar refractivity (Wildman–Crippen MR) is 72.2 cm³/mol. The normalized spacial score (nSPS) is 19.2. The van der Waals surface area contributed by atoms with Crippen LogP contribution in [-0.4, -0.2) is 26.8 Å². The summed E-state index contributed by atoms with van der Waals surface area (Å²) < 4.78 is 22.8. The number of hydrogen-bond acceptors (Lipinski definition) is 4. The quantitative estimate of drug-likeness (QED) is 0.715. The summed E-state index contributed by atoms with van der Waals surface area (Å²) >= 11 is 0. The summed E-state index contributed by atoms with van der Waals surface area (Å²) in [6.45, 7) is 0.252. The Morgan fingerprint density at radius 3 is 2.65 bits per heavy atom. The lowest BCUT2D eigenvalue weighted by molar-refractivity contribution is -0.126. The average Bonchev–Trinajstić information content (AvgIpc) is 2.38. The molecule has 0 radical (unpaired) electrons. The Bertz CT molecular complexity index is 632. The number of amides is 2. The topological polar surface area (TPSA) is 118 Å². The maximum absolute atomic E-state index is 12.1. The average molecular weight is 297 g/mol. The van der Waals surface area contributed by atoms with E-state index in [0.717, 1.165) is 0 Å². The second-order valence-electron chi connectivity index (χ2n) is 4.57. The SMILES string of the molecule is NS(=O)(=O)c1ccccc1NC(=O)C1CCC(=O)NC1. The molecule has 7 nitrogen and oxygen atoms in total. The van der Waals surface area contributed by atoms with Crippen LogP contribution in [0.15, 0.2) is 29.2 Å². The van der Waals surface area contributed by atoms with Crippen LogP contribution in [-0.2, 0) is 19.6 Å². The summed E-state index contributed by atoms with van der Waals surface area (Å²) in [7, 11) is -3.90. The van der Waals surface area contributed by atoms with Crippen molar-refractivity contribution in [3.05, 3.63) is 24.3 Å². The van der Waals surface area contributed by atoms with Crippen LogP contribution in [0.25, 0.3) is 0 Å². The van der Waals surface area contributed by atoms with Gasteiger partial charge in [-0.05, 0) is 18.6 Å². The fourth-order valence-electron chi connectivity index (χ4n) is 2.01. The number of para-hydroxylation sites is 1. The standard InChI is InChI=1S/C12H15N3O4S/c13-20(18,19)10-4-2-1-3-9(10)15-12(17)8-5-6-11(16)14-7-8/h1-4,8H,5-7H2,(H,14,16)(H,15,17)(H2,13,18,19). The van der Waals surface area contributed by atoms with Gasteiger partial charge in [0, 0.05) is 13.0 Å². The van der Waals surface area contributed by atoms with Crippen LogP contribution in [0, 0.1) is 5.92 Å². The molecule has 1 aromatic rings.